The molecule has 1 aromatic heterocycles. The van der Waals surface area contributed by atoms with Gasteiger partial charge in [-0.3, -0.25) is 4.98 Å². The highest BCUT2D eigenvalue weighted by Gasteiger charge is 2.06. The molecule has 3 nitrogen and oxygen atoms in total. The summed E-state index contributed by atoms with van der Waals surface area (Å²) in [7, 11) is 0. The molecule has 3 heteroatoms. The van der Waals surface area contributed by atoms with Crippen LogP contribution in [0.5, 0.6) is 5.75 Å². The van der Waals surface area contributed by atoms with Crippen LogP contribution < -0.4 is 10.5 Å². The second-order valence-electron chi connectivity index (χ2n) is 5.25. The highest BCUT2D eigenvalue weighted by molar-refractivity contribution is 5.82. The monoisotopic (exact) mass is 278 g/mol. The first-order chi connectivity index (χ1) is 10.1. The van der Waals surface area contributed by atoms with Crippen molar-refractivity contribution in [3.05, 3.63) is 65.4 Å². The summed E-state index contributed by atoms with van der Waals surface area (Å²) >= 11 is 0. The second kappa shape index (κ2) is 5.44. The Morgan fingerprint density at radius 3 is 2.67 bits per heavy atom. The van der Waals surface area contributed by atoms with E-state index < -0.39 is 0 Å². The molecule has 1 heterocycles. The predicted molar refractivity (Wildman–Crippen MR) is 86.4 cm³/mol. The lowest BCUT2D eigenvalue weighted by atomic mass is 10.1. The van der Waals surface area contributed by atoms with Gasteiger partial charge in [-0.15, -0.1) is 0 Å². The number of hydrogen-bond acceptors (Lipinski definition) is 3. The molecule has 106 valence electrons. The smallest absolute Gasteiger partial charge is 0.122 e. The van der Waals surface area contributed by atoms with Crippen molar-refractivity contribution < 1.29 is 4.74 Å². The van der Waals surface area contributed by atoms with Crippen LogP contribution in [0.15, 0.2) is 48.5 Å². The minimum absolute atomic E-state index is 0.522. The number of aryl methyl sites for hydroxylation is 2. The maximum atomic E-state index is 5.96. The molecule has 0 bridgehead atoms. The maximum absolute atomic E-state index is 5.96. The van der Waals surface area contributed by atoms with Crippen LogP contribution in [0.4, 0.5) is 5.69 Å². The van der Waals surface area contributed by atoms with Crippen molar-refractivity contribution in [2.24, 2.45) is 0 Å². The number of ether oxygens (including phenoxy) is 1. The van der Waals surface area contributed by atoms with E-state index in [0.29, 0.717) is 6.61 Å². The summed E-state index contributed by atoms with van der Waals surface area (Å²) < 4.78 is 5.96. The average Bonchev–Trinajstić information content (AvgIpc) is 2.46. The number of fused-ring (bicyclic) bond motifs is 1. The lowest BCUT2D eigenvalue weighted by Gasteiger charge is -2.12. The predicted octanol–water partition coefficient (Wildman–Crippen LogP) is 4.01. The summed E-state index contributed by atoms with van der Waals surface area (Å²) in [5.74, 6) is 0.864. The van der Waals surface area contributed by atoms with Gasteiger partial charge in [0.2, 0.25) is 0 Å². The zero-order valence-corrected chi connectivity index (χ0v) is 12.3. The van der Waals surface area contributed by atoms with Gasteiger partial charge in [-0.25, -0.2) is 0 Å². The molecule has 0 amide bonds. The Kier molecular flexibility index (Phi) is 3.48. The SMILES string of the molecule is Cc1cc(COc2ccc(N)cc2C)c2ccccc2n1. The molecule has 0 radical (unpaired) electrons. The van der Waals surface area contributed by atoms with Crippen molar-refractivity contribution in [1.29, 1.82) is 0 Å². The molecule has 0 saturated carbocycles. The van der Waals surface area contributed by atoms with E-state index >= 15 is 0 Å². The molecule has 0 fully saturated rings. The molecular formula is C18H18N2O. The number of hydrogen-bond donors (Lipinski definition) is 1. The van der Waals surface area contributed by atoms with Crippen LogP contribution in [0.3, 0.4) is 0 Å². The number of nitrogen functional groups attached to an aromatic ring is 1. The molecule has 0 aliphatic carbocycles. The molecular weight excluding hydrogens is 260 g/mol. The number of anilines is 1. The van der Waals surface area contributed by atoms with Crippen LogP contribution in [0.2, 0.25) is 0 Å². The van der Waals surface area contributed by atoms with E-state index in [4.69, 9.17) is 10.5 Å². The van der Waals surface area contributed by atoms with Crippen LogP contribution >= 0.6 is 0 Å². The summed E-state index contributed by atoms with van der Waals surface area (Å²) in [6.45, 7) is 4.53. The quantitative estimate of drug-likeness (QED) is 0.736. The second-order valence-corrected chi connectivity index (χ2v) is 5.25. The summed E-state index contributed by atoms with van der Waals surface area (Å²) in [6, 6.07) is 15.9. The first-order valence-electron chi connectivity index (χ1n) is 6.97. The van der Waals surface area contributed by atoms with E-state index in [1.54, 1.807) is 0 Å². The molecule has 3 rings (SSSR count). The van der Waals surface area contributed by atoms with Gasteiger partial charge in [0.05, 0.1) is 5.52 Å². The van der Waals surface area contributed by atoms with Gasteiger partial charge in [-0.1, -0.05) is 18.2 Å². The third kappa shape index (κ3) is 2.82. The molecule has 2 aromatic carbocycles. The standard InChI is InChI=1S/C18H18N2O/c1-12-9-15(19)7-8-18(12)21-11-14-10-13(2)20-17-6-4-3-5-16(14)17/h3-10H,11,19H2,1-2H3. The number of aromatic nitrogens is 1. The topological polar surface area (TPSA) is 48.1 Å². The Balaban J connectivity index is 1.91. The van der Waals surface area contributed by atoms with E-state index in [9.17, 15) is 0 Å². The first kappa shape index (κ1) is 13.4. The molecule has 0 atom stereocenters. The summed E-state index contributed by atoms with van der Waals surface area (Å²) in [5.41, 5.74) is 10.7. The van der Waals surface area contributed by atoms with Gasteiger partial charge in [-0.2, -0.15) is 0 Å². The van der Waals surface area contributed by atoms with Gasteiger partial charge in [0, 0.05) is 22.3 Å². The minimum Gasteiger partial charge on any atom is -0.489 e. The van der Waals surface area contributed by atoms with E-state index in [-0.39, 0.29) is 0 Å². The first-order valence-corrected chi connectivity index (χ1v) is 6.97. The fraction of sp³-hybridized carbons (Fsp3) is 0.167. The van der Waals surface area contributed by atoms with Gasteiger partial charge in [0.1, 0.15) is 12.4 Å². The van der Waals surface area contributed by atoms with Crippen molar-refractivity contribution in [3.63, 3.8) is 0 Å². The average molecular weight is 278 g/mol. The van der Waals surface area contributed by atoms with Crippen LogP contribution in [-0.4, -0.2) is 4.98 Å². The van der Waals surface area contributed by atoms with Crippen LogP contribution in [0.25, 0.3) is 10.9 Å². The molecule has 0 saturated heterocycles. The van der Waals surface area contributed by atoms with Crippen molar-refractivity contribution in [1.82, 2.24) is 4.98 Å². The van der Waals surface area contributed by atoms with E-state index in [0.717, 1.165) is 39.2 Å². The van der Waals surface area contributed by atoms with E-state index in [2.05, 4.69) is 17.1 Å². The summed E-state index contributed by atoms with van der Waals surface area (Å²) in [5, 5.41) is 1.14. The van der Waals surface area contributed by atoms with Gasteiger partial charge in [0.25, 0.3) is 0 Å². The summed E-state index contributed by atoms with van der Waals surface area (Å²) in [4.78, 5) is 4.55. The van der Waals surface area contributed by atoms with Gasteiger partial charge in [-0.05, 0) is 49.7 Å². The van der Waals surface area contributed by atoms with Crippen LogP contribution in [0, 0.1) is 13.8 Å². The van der Waals surface area contributed by atoms with Gasteiger partial charge < -0.3 is 10.5 Å². The zero-order valence-electron chi connectivity index (χ0n) is 12.3. The van der Waals surface area contributed by atoms with Crippen LogP contribution in [-0.2, 0) is 6.61 Å². The lowest BCUT2D eigenvalue weighted by molar-refractivity contribution is 0.305. The molecule has 0 aliphatic rings. The number of benzene rings is 2. The zero-order chi connectivity index (χ0) is 14.8. The van der Waals surface area contributed by atoms with Gasteiger partial charge >= 0.3 is 0 Å². The molecule has 0 aliphatic heterocycles. The van der Waals surface area contributed by atoms with Crippen molar-refractivity contribution in [2.45, 2.75) is 20.5 Å². The minimum atomic E-state index is 0.522. The Hall–Kier alpha value is -2.55. The Morgan fingerprint density at radius 1 is 1.05 bits per heavy atom. The third-order valence-electron chi connectivity index (χ3n) is 3.51. The Morgan fingerprint density at radius 2 is 1.86 bits per heavy atom. The molecule has 21 heavy (non-hydrogen) atoms. The fourth-order valence-electron chi connectivity index (χ4n) is 2.50. The summed E-state index contributed by atoms with van der Waals surface area (Å²) in [6.07, 6.45) is 0. The molecule has 3 aromatic rings. The Bertz CT molecular complexity index is 796. The van der Waals surface area contributed by atoms with Crippen LogP contribution in [0.1, 0.15) is 16.8 Å². The highest BCUT2D eigenvalue weighted by atomic mass is 16.5. The molecule has 0 unspecified atom stereocenters. The number of para-hydroxylation sites is 1. The van der Waals surface area contributed by atoms with Crippen molar-refractivity contribution >= 4 is 16.6 Å². The molecule has 2 N–H and O–H groups in total. The molecule has 0 spiro atoms. The van der Waals surface area contributed by atoms with Crippen molar-refractivity contribution in [3.8, 4) is 5.75 Å². The maximum Gasteiger partial charge on any atom is 0.122 e. The highest BCUT2D eigenvalue weighted by Crippen LogP contribution is 2.24. The number of nitrogens with two attached hydrogens (primary N) is 1. The number of pyridine rings is 1. The number of nitrogens with zero attached hydrogens (tertiary/aromatic N) is 1. The van der Waals surface area contributed by atoms with E-state index in [1.165, 1.54) is 0 Å². The van der Waals surface area contributed by atoms with Crippen molar-refractivity contribution in [2.75, 3.05) is 5.73 Å². The fourth-order valence-corrected chi connectivity index (χ4v) is 2.50. The number of rotatable bonds is 3. The third-order valence-corrected chi connectivity index (χ3v) is 3.51. The largest absolute Gasteiger partial charge is 0.489 e. The normalized spacial score (nSPS) is 10.8. The lowest BCUT2D eigenvalue weighted by Crippen LogP contribution is -2.00. The Labute approximate surface area is 124 Å². The van der Waals surface area contributed by atoms with E-state index in [1.807, 2.05) is 50.2 Å². The van der Waals surface area contributed by atoms with Gasteiger partial charge in [0.15, 0.2) is 0 Å².